The maximum Gasteiger partial charge on any atom is 0.390 e. The molecule has 2 amide bonds. The lowest BCUT2D eigenvalue weighted by Gasteiger charge is -2.46. The molecule has 2 aliphatic carbocycles. The van der Waals surface area contributed by atoms with Crippen LogP contribution in [0.25, 0.3) is 0 Å². The summed E-state index contributed by atoms with van der Waals surface area (Å²) in [6.07, 6.45) is -4.68. The monoisotopic (exact) mass is 532 g/mol. The number of carboxylic acid groups (broad SMARTS) is 1. The van der Waals surface area contributed by atoms with Crippen molar-refractivity contribution in [3.8, 4) is 5.75 Å². The molecular formula is C28H31F3N2O5. The predicted octanol–water partition coefficient (Wildman–Crippen LogP) is 6.62. The number of hydrogen-bond donors (Lipinski definition) is 3. The number of carboxylic acids is 1. The van der Waals surface area contributed by atoms with Gasteiger partial charge in [0.15, 0.2) is 0 Å². The van der Waals surface area contributed by atoms with Crippen molar-refractivity contribution in [2.24, 2.45) is 17.3 Å². The number of nitrogens with one attached hydrogen (secondary N) is 2. The van der Waals surface area contributed by atoms with E-state index in [2.05, 4.69) is 10.6 Å². The van der Waals surface area contributed by atoms with Crippen molar-refractivity contribution in [3.63, 3.8) is 0 Å². The summed E-state index contributed by atoms with van der Waals surface area (Å²) >= 11 is 0. The topological polar surface area (TPSA) is 105 Å². The van der Waals surface area contributed by atoms with Crippen LogP contribution in [0, 0.1) is 17.3 Å². The summed E-state index contributed by atoms with van der Waals surface area (Å²) in [7, 11) is 1.54. The second-order valence-electron chi connectivity index (χ2n) is 10.4. The second-order valence-corrected chi connectivity index (χ2v) is 10.4. The van der Waals surface area contributed by atoms with Crippen LogP contribution in [0.5, 0.6) is 5.75 Å². The standard InChI is InChI=1S/C28H31F3N2O5/c1-38-22-4-2-3-21(14-22)33-26(37)32-20-8-5-17(6-9-20)18-7-10-23-19(13-18)11-12-27(25(23)36,15-24(34)35)16-28(29,30)31/h2-6,8-9,14,18-19,23H,7,10-13,15-16H2,1H3,(H,34,35)(H2,32,33,37). The van der Waals surface area contributed by atoms with E-state index in [4.69, 9.17) is 4.74 Å². The number of halogens is 3. The van der Waals surface area contributed by atoms with Crippen molar-refractivity contribution in [2.75, 3.05) is 17.7 Å². The van der Waals surface area contributed by atoms with Crippen molar-refractivity contribution in [3.05, 3.63) is 54.1 Å². The molecule has 2 fully saturated rings. The number of carbonyl (C=O) groups excluding carboxylic acids is 2. The van der Waals surface area contributed by atoms with Gasteiger partial charge in [-0.25, -0.2) is 4.79 Å². The summed E-state index contributed by atoms with van der Waals surface area (Å²) in [4.78, 5) is 37.0. The minimum atomic E-state index is -4.60. The first kappa shape index (κ1) is 27.5. The number of carbonyl (C=O) groups is 3. The molecule has 0 aromatic heterocycles. The zero-order valence-electron chi connectivity index (χ0n) is 21.0. The number of ketones is 1. The SMILES string of the molecule is COc1cccc(NC(=O)Nc2ccc(C3CCC4C(=O)C(CC(=O)O)(CC(F)(F)F)CCC4C3)cc2)c1. The smallest absolute Gasteiger partial charge is 0.390 e. The van der Waals surface area contributed by atoms with E-state index in [-0.39, 0.29) is 18.3 Å². The van der Waals surface area contributed by atoms with Crippen LogP contribution in [0.15, 0.2) is 48.5 Å². The van der Waals surface area contributed by atoms with Crippen molar-refractivity contribution in [1.82, 2.24) is 0 Å². The Morgan fingerprint density at radius 1 is 1.05 bits per heavy atom. The molecule has 2 aliphatic rings. The van der Waals surface area contributed by atoms with Gasteiger partial charge in [-0.2, -0.15) is 13.2 Å². The Morgan fingerprint density at radius 3 is 2.42 bits per heavy atom. The van der Waals surface area contributed by atoms with Gasteiger partial charge in [-0.05, 0) is 73.8 Å². The fraction of sp³-hybridized carbons (Fsp3) is 0.464. The van der Waals surface area contributed by atoms with Crippen LogP contribution in [0.1, 0.15) is 56.4 Å². The van der Waals surface area contributed by atoms with Gasteiger partial charge in [0.05, 0.1) is 20.0 Å². The van der Waals surface area contributed by atoms with Crippen molar-refractivity contribution >= 4 is 29.2 Å². The predicted molar refractivity (Wildman–Crippen MR) is 135 cm³/mol. The minimum Gasteiger partial charge on any atom is -0.497 e. The molecule has 2 saturated carbocycles. The molecule has 3 N–H and O–H groups in total. The lowest BCUT2D eigenvalue weighted by molar-refractivity contribution is -0.181. The highest BCUT2D eigenvalue weighted by molar-refractivity contribution is 5.99. The van der Waals surface area contributed by atoms with Crippen LogP contribution in [0.2, 0.25) is 0 Å². The zero-order chi connectivity index (χ0) is 27.5. The number of aliphatic carboxylic acids is 1. The van der Waals surface area contributed by atoms with Gasteiger partial charge in [0.1, 0.15) is 11.5 Å². The number of rotatable bonds is 7. The number of fused-ring (bicyclic) bond motifs is 1. The molecule has 4 unspecified atom stereocenters. The van der Waals surface area contributed by atoms with Crippen LogP contribution in [0.4, 0.5) is 29.3 Å². The fourth-order valence-electron chi connectivity index (χ4n) is 6.13. The molecule has 4 rings (SSSR count). The summed E-state index contributed by atoms with van der Waals surface area (Å²) in [5, 5.41) is 14.8. The molecule has 204 valence electrons. The van der Waals surface area contributed by atoms with Crippen molar-refractivity contribution < 1.29 is 37.4 Å². The maximum absolute atomic E-state index is 13.3. The second kappa shape index (κ2) is 11.0. The zero-order valence-corrected chi connectivity index (χ0v) is 21.0. The summed E-state index contributed by atoms with van der Waals surface area (Å²) in [5.74, 6) is -1.76. The van der Waals surface area contributed by atoms with E-state index in [9.17, 15) is 32.7 Å². The van der Waals surface area contributed by atoms with Gasteiger partial charge in [0.25, 0.3) is 0 Å². The van der Waals surface area contributed by atoms with Gasteiger partial charge < -0.3 is 20.5 Å². The number of alkyl halides is 3. The van der Waals surface area contributed by atoms with Crippen LogP contribution < -0.4 is 15.4 Å². The number of Topliss-reactive ketones (excluding diaryl/α,β-unsaturated/α-hetero) is 1. The lowest BCUT2D eigenvalue weighted by Crippen LogP contribution is -2.48. The Labute approximate surface area is 218 Å². The summed E-state index contributed by atoms with van der Waals surface area (Å²) < 4.78 is 45.0. The highest BCUT2D eigenvalue weighted by atomic mass is 19.4. The molecule has 38 heavy (non-hydrogen) atoms. The van der Waals surface area contributed by atoms with Gasteiger partial charge >= 0.3 is 18.2 Å². The molecular weight excluding hydrogens is 501 g/mol. The Balaban J connectivity index is 1.37. The molecule has 0 radical (unpaired) electrons. The van der Waals surface area contributed by atoms with Crippen LogP contribution in [0.3, 0.4) is 0 Å². The highest BCUT2D eigenvalue weighted by Gasteiger charge is 2.55. The molecule has 4 atom stereocenters. The Hall–Kier alpha value is -3.56. The van der Waals surface area contributed by atoms with Crippen LogP contribution in [-0.2, 0) is 9.59 Å². The van der Waals surface area contributed by atoms with E-state index < -0.39 is 48.1 Å². The molecule has 0 spiro atoms. The van der Waals surface area contributed by atoms with E-state index in [0.29, 0.717) is 42.8 Å². The number of hydrogen-bond acceptors (Lipinski definition) is 4. The number of anilines is 2. The van der Waals surface area contributed by atoms with Crippen molar-refractivity contribution in [1.29, 1.82) is 0 Å². The van der Waals surface area contributed by atoms with Gasteiger partial charge in [-0.3, -0.25) is 9.59 Å². The normalized spacial score (nSPS) is 25.3. The maximum atomic E-state index is 13.3. The van der Waals surface area contributed by atoms with Crippen LogP contribution in [-0.4, -0.2) is 36.2 Å². The Bertz CT molecular complexity index is 1180. The van der Waals surface area contributed by atoms with E-state index in [0.717, 1.165) is 5.56 Å². The van der Waals surface area contributed by atoms with E-state index >= 15 is 0 Å². The molecule has 0 bridgehead atoms. The van der Waals surface area contributed by atoms with Crippen molar-refractivity contribution in [2.45, 2.75) is 57.0 Å². The Kier molecular flexibility index (Phi) is 7.99. The van der Waals surface area contributed by atoms with Gasteiger partial charge in [0.2, 0.25) is 0 Å². The first-order valence-corrected chi connectivity index (χ1v) is 12.6. The first-order chi connectivity index (χ1) is 18.0. The van der Waals surface area contributed by atoms with Gasteiger partial charge in [0, 0.05) is 28.8 Å². The largest absolute Gasteiger partial charge is 0.497 e. The molecule has 0 heterocycles. The lowest BCUT2D eigenvalue weighted by atomic mass is 9.56. The third kappa shape index (κ3) is 6.46. The van der Waals surface area contributed by atoms with Gasteiger partial charge in [-0.1, -0.05) is 18.2 Å². The van der Waals surface area contributed by atoms with Gasteiger partial charge in [-0.15, -0.1) is 0 Å². The number of urea groups is 1. The average Bonchev–Trinajstić information content (AvgIpc) is 2.85. The highest BCUT2D eigenvalue weighted by Crippen LogP contribution is 2.53. The first-order valence-electron chi connectivity index (χ1n) is 12.6. The quantitative estimate of drug-likeness (QED) is 0.372. The van der Waals surface area contributed by atoms with E-state index in [1.54, 1.807) is 43.5 Å². The third-order valence-electron chi connectivity index (χ3n) is 7.83. The molecule has 0 saturated heterocycles. The molecule has 0 aliphatic heterocycles. The number of ether oxygens (including phenoxy) is 1. The third-order valence-corrected chi connectivity index (χ3v) is 7.83. The number of amides is 2. The number of methoxy groups -OCH3 is 1. The van der Waals surface area contributed by atoms with E-state index in [1.807, 2.05) is 12.1 Å². The number of benzene rings is 2. The Morgan fingerprint density at radius 2 is 1.76 bits per heavy atom. The van der Waals surface area contributed by atoms with Crippen LogP contribution >= 0.6 is 0 Å². The summed E-state index contributed by atoms with van der Waals surface area (Å²) in [6.45, 7) is 0. The minimum absolute atomic E-state index is 0.0587. The van der Waals surface area contributed by atoms with E-state index in [1.165, 1.54) is 0 Å². The molecule has 7 nitrogen and oxygen atoms in total. The molecule has 2 aromatic rings. The summed E-state index contributed by atoms with van der Waals surface area (Å²) in [5.41, 5.74) is 0.352. The summed E-state index contributed by atoms with van der Waals surface area (Å²) in [6, 6.07) is 14.0. The average molecular weight is 533 g/mol. The molecule has 2 aromatic carbocycles. The molecule has 10 heteroatoms. The fourth-order valence-corrected chi connectivity index (χ4v) is 6.13.